The highest BCUT2D eigenvalue weighted by Crippen LogP contribution is 2.21. The van der Waals surface area contributed by atoms with Crippen molar-refractivity contribution in [2.45, 2.75) is 70.5 Å². The highest BCUT2D eigenvalue weighted by molar-refractivity contribution is 6.31. The third-order valence-electron chi connectivity index (χ3n) is 5.89. The Morgan fingerprint density at radius 1 is 1.03 bits per heavy atom. The van der Waals surface area contributed by atoms with Crippen LogP contribution in [0.25, 0.3) is 0 Å². The van der Waals surface area contributed by atoms with Crippen LogP contribution in [0, 0.1) is 0 Å². The number of amides is 2. The molecule has 1 atom stereocenters. The number of aryl methyl sites for hydroxylation is 1. The highest BCUT2D eigenvalue weighted by atomic mass is 35.5. The van der Waals surface area contributed by atoms with Crippen molar-refractivity contribution in [3.63, 3.8) is 0 Å². The minimum Gasteiger partial charge on any atom is -0.352 e. The Kier molecular flexibility index (Phi) is 8.32. The zero-order valence-electron chi connectivity index (χ0n) is 17.6. The van der Waals surface area contributed by atoms with Crippen molar-refractivity contribution >= 4 is 23.4 Å². The Morgan fingerprint density at radius 3 is 2.40 bits per heavy atom. The lowest BCUT2D eigenvalue weighted by Gasteiger charge is -2.31. The molecule has 0 radical (unpaired) electrons. The Labute approximate surface area is 184 Å². The number of rotatable bonds is 8. The van der Waals surface area contributed by atoms with E-state index in [4.69, 9.17) is 11.6 Å². The van der Waals surface area contributed by atoms with Crippen LogP contribution in [0.2, 0.25) is 5.02 Å². The van der Waals surface area contributed by atoms with Crippen LogP contribution in [0.5, 0.6) is 0 Å². The molecular weight excluding hydrogens is 396 g/mol. The molecule has 0 aromatic heterocycles. The van der Waals surface area contributed by atoms with Gasteiger partial charge in [0.1, 0.15) is 6.04 Å². The molecule has 0 aliphatic heterocycles. The molecule has 2 amide bonds. The lowest BCUT2D eigenvalue weighted by Crippen LogP contribution is -2.50. The number of nitrogens with one attached hydrogen (secondary N) is 1. The quantitative estimate of drug-likeness (QED) is 0.635. The Bertz CT molecular complexity index is 834. The van der Waals surface area contributed by atoms with E-state index in [1.807, 2.05) is 61.5 Å². The van der Waals surface area contributed by atoms with E-state index < -0.39 is 6.04 Å². The summed E-state index contributed by atoms with van der Waals surface area (Å²) in [4.78, 5) is 27.8. The molecule has 0 saturated heterocycles. The van der Waals surface area contributed by atoms with Crippen molar-refractivity contribution in [2.24, 2.45) is 0 Å². The Hall–Kier alpha value is -2.33. The third kappa shape index (κ3) is 6.33. The lowest BCUT2D eigenvalue weighted by molar-refractivity contribution is -0.141. The standard InChI is InChI=1S/C25H31ClN2O2/c1-19(25(30)27-22-13-6-3-7-14-22)28(18-21-12-8-9-15-23(21)26)24(29)17-16-20-10-4-2-5-11-20/h2,4-5,8-12,15,19,22H,3,6-7,13-14,16-18H2,1H3,(H,27,30)/t19-/m0/s1. The average Bonchev–Trinajstić information content (AvgIpc) is 2.78. The van der Waals surface area contributed by atoms with E-state index in [9.17, 15) is 9.59 Å². The second-order valence-corrected chi connectivity index (χ2v) is 8.53. The van der Waals surface area contributed by atoms with Crippen LogP contribution in [0.15, 0.2) is 54.6 Å². The maximum Gasteiger partial charge on any atom is 0.242 e. The van der Waals surface area contributed by atoms with Gasteiger partial charge in [-0.3, -0.25) is 9.59 Å². The summed E-state index contributed by atoms with van der Waals surface area (Å²) in [5, 5.41) is 3.77. The molecule has 2 aromatic rings. The minimum atomic E-state index is -0.550. The van der Waals surface area contributed by atoms with E-state index >= 15 is 0 Å². The van der Waals surface area contributed by atoms with Crippen molar-refractivity contribution in [2.75, 3.05) is 0 Å². The number of nitrogens with zero attached hydrogens (tertiary/aromatic N) is 1. The second-order valence-electron chi connectivity index (χ2n) is 8.12. The fourth-order valence-corrected chi connectivity index (χ4v) is 4.20. The molecule has 2 aromatic carbocycles. The molecule has 1 fully saturated rings. The predicted molar refractivity (Wildman–Crippen MR) is 121 cm³/mol. The van der Waals surface area contributed by atoms with E-state index in [1.54, 1.807) is 4.90 Å². The van der Waals surface area contributed by atoms with E-state index in [1.165, 1.54) is 6.42 Å². The van der Waals surface area contributed by atoms with Crippen molar-refractivity contribution < 1.29 is 9.59 Å². The van der Waals surface area contributed by atoms with Gasteiger partial charge >= 0.3 is 0 Å². The molecule has 160 valence electrons. The first kappa shape index (κ1) is 22.4. The van der Waals surface area contributed by atoms with Crippen LogP contribution in [0.3, 0.4) is 0 Å². The van der Waals surface area contributed by atoms with Crippen molar-refractivity contribution in [1.82, 2.24) is 10.2 Å². The number of benzene rings is 2. The van der Waals surface area contributed by atoms with Crippen LogP contribution in [0.1, 0.15) is 56.6 Å². The Balaban J connectivity index is 1.71. The summed E-state index contributed by atoms with van der Waals surface area (Å²) < 4.78 is 0. The van der Waals surface area contributed by atoms with Gasteiger partial charge < -0.3 is 10.2 Å². The van der Waals surface area contributed by atoms with Gasteiger partial charge in [0, 0.05) is 24.0 Å². The van der Waals surface area contributed by atoms with Gasteiger partial charge in [-0.05, 0) is 43.4 Å². The van der Waals surface area contributed by atoms with Crippen LogP contribution >= 0.6 is 11.6 Å². The molecule has 3 rings (SSSR count). The molecule has 5 heteroatoms. The topological polar surface area (TPSA) is 49.4 Å². The van der Waals surface area contributed by atoms with Gasteiger partial charge in [0.2, 0.25) is 11.8 Å². The predicted octanol–water partition coefficient (Wildman–Crippen LogP) is 5.14. The molecular formula is C25H31ClN2O2. The molecule has 0 bridgehead atoms. The SMILES string of the molecule is C[C@@H](C(=O)NC1CCCCC1)N(Cc1ccccc1Cl)C(=O)CCc1ccccc1. The second kappa shape index (κ2) is 11.2. The number of hydrogen-bond acceptors (Lipinski definition) is 2. The van der Waals surface area contributed by atoms with Gasteiger partial charge in [0.25, 0.3) is 0 Å². The summed E-state index contributed by atoms with van der Waals surface area (Å²) in [7, 11) is 0. The van der Waals surface area contributed by atoms with Crippen molar-refractivity contribution in [3.8, 4) is 0 Å². The lowest BCUT2D eigenvalue weighted by atomic mass is 9.95. The van der Waals surface area contributed by atoms with E-state index in [0.717, 1.165) is 36.8 Å². The van der Waals surface area contributed by atoms with E-state index in [2.05, 4.69) is 5.32 Å². The summed E-state index contributed by atoms with van der Waals surface area (Å²) in [5.41, 5.74) is 1.97. The zero-order valence-corrected chi connectivity index (χ0v) is 18.4. The monoisotopic (exact) mass is 426 g/mol. The van der Waals surface area contributed by atoms with Crippen LogP contribution in [-0.2, 0) is 22.6 Å². The summed E-state index contributed by atoms with van der Waals surface area (Å²) in [6.07, 6.45) is 6.58. The molecule has 1 N–H and O–H groups in total. The molecule has 1 saturated carbocycles. The number of hydrogen-bond donors (Lipinski definition) is 1. The van der Waals surface area contributed by atoms with Gasteiger partial charge in [-0.25, -0.2) is 0 Å². The average molecular weight is 427 g/mol. The van der Waals surface area contributed by atoms with Gasteiger partial charge in [0.05, 0.1) is 0 Å². The summed E-state index contributed by atoms with van der Waals surface area (Å²) in [6.45, 7) is 2.14. The van der Waals surface area contributed by atoms with E-state index in [0.29, 0.717) is 24.4 Å². The number of halogens is 1. The molecule has 1 aliphatic carbocycles. The van der Waals surface area contributed by atoms with Crippen LogP contribution in [0.4, 0.5) is 0 Å². The van der Waals surface area contributed by atoms with Crippen LogP contribution in [-0.4, -0.2) is 28.8 Å². The largest absolute Gasteiger partial charge is 0.352 e. The van der Waals surface area contributed by atoms with Crippen molar-refractivity contribution in [1.29, 1.82) is 0 Å². The van der Waals surface area contributed by atoms with Gasteiger partial charge in [-0.1, -0.05) is 79.4 Å². The summed E-state index contributed by atoms with van der Waals surface area (Å²) in [6, 6.07) is 17.1. The summed E-state index contributed by atoms with van der Waals surface area (Å²) in [5.74, 6) is -0.118. The van der Waals surface area contributed by atoms with Gasteiger partial charge in [-0.2, -0.15) is 0 Å². The molecule has 0 spiro atoms. The highest BCUT2D eigenvalue weighted by Gasteiger charge is 2.28. The van der Waals surface area contributed by atoms with E-state index in [-0.39, 0.29) is 17.9 Å². The van der Waals surface area contributed by atoms with Gasteiger partial charge in [0.15, 0.2) is 0 Å². The molecule has 0 heterocycles. The third-order valence-corrected chi connectivity index (χ3v) is 6.26. The molecule has 30 heavy (non-hydrogen) atoms. The van der Waals surface area contributed by atoms with Gasteiger partial charge in [-0.15, -0.1) is 0 Å². The maximum absolute atomic E-state index is 13.2. The van der Waals surface area contributed by atoms with Crippen molar-refractivity contribution in [3.05, 3.63) is 70.7 Å². The molecule has 0 unspecified atom stereocenters. The maximum atomic E-state index is 13.2. The normalized spacial score (nSPS) is 15.4. The summed E-state index contributed by atoms with van der Waals surface area (Å²) >= 11 is 6.35. The van der Waals surface area contributed by atoms with Crippen LogP contribution < -0.4 is 5.32 Å². The first-order valence-corrected chi connectivity index (χ1v) is 11.3. The Morgan fingerprint density at radius 2 is 1.70 bits per heavy atom. The zero-order chi connectivity index (χ0) is 21.3. The minimum absolute atomic E-state index is 0.0370. The first-order valence-electron chi connectivity index (χ1n) is 10.9. The smallest absolute Gasteiger partial charge is 0.242 e. The fourth-order valence-electron chi connectivity index (χ4n) is 4.00. The number of carbonyl (C=O) groups is 2. The molecule has 4 nitrogen and oxygen atoms in total. The fraction of sp³-hybridized carbons (Fsp3) is 0.440. The first-order chi connectivity index (χ1) is 14.5. The molecule has 1 aliphatic rings. The number of carbonyl (C=O) groups excluding carboxylic acids is 2.